The summed E-state index contributed by atoms with van der Waals surface area (Å²) in [4.78, 5) is 14.4. The molecular formula is C18H23NO3. The van der Waals surface area contributed by atoms with Crippen molar-refractivity contribution in [2.24, 2.45) is 5.92 Å². The maximum absolute atomic E-state index is 12.6. The van der Waals surface area contributed by atoms with E-state index in [1.54, 1.807) is 6.08 Å². The first-order valence-electron chi connectivity index (χ1n) is 7.90. The van der Waals surface area contributed by atoms with Crippen molar-refractivity contribution in [3.63, 3.8) is 0 Å². The van der Waals surface area contributed by atoms with Crippen LogP contribution in [0.25, 0.3) is 0 Å². The molecule has 118 valence electrons. The number of carbonyl (C=O) groups excluding carboxylic acids is 1. The second-order valence-electron chi connectivity index (χ2n) is 6.15. The molecule has 2 aliphatic heterocycles. The Labute approximate surface area is 131 Å². The molecule has 2 aliphatic rings. The number of benzene rings is 1. The van der Waals surface area contributed by atoms with Crippen molar-refractivity contribution >= 4 is 5.91 Å². The fraction of sp³-hybridized carbons (Fsp3) is 0.500. The van der Waals surface area contributed by atoms with Crippen LogP contribution < -0.4 is 4.74 Å². The summed E-state index contributed by atoms with van der Waals surface area (Å²) in [7, 11) is 1.87. The molecule has 22 heavy (non-hydrogen) atoms. The number of ether oxygens (including phenoxy) is 2. The van der Waals surface area contributed by atoms with Crippen LogP contribution in [0.15, 0.2) is 36.9 Å². The van der Waals surface area contributed by atoms with Gasteiger partial charge in [-0.2, -0.15) is 0 Å². The third-order valence-corrected chi connectivity index (χ3v) is 4.51. The topological polar surface area (TPSA) is 38.8 Å². The Morgan fingerprint density at radius 2 is 2.18 bits per heavy atom. The predicted molar refractivity (Wildman–Crippen MR) is 84.6 cm³/mol. The van der Waals surface area contributed by atoms with Crippen molar-refractivity contribution in [1.29, 1.82) is 0 Å². The summed E-state index contributed by atoms with van der Waals surface area (Å²) in [5.41, 5.74) is 1.10. The molecule has 0 spiro atoms. The molecule has 1 amide bonds. The highest BCUT2D eigenvalue weighted by atomic mass is 16.5. The lowest BCUT2D eigenvalue weighted by Crippen LogP contribution is -2.37. The first-order chi connectivity index (χ1) is 10.7. The molecule has 2 fully saturated rings. The van der Waals surface area contributed by atoms with Crippen molar-refractivity contribution < 1.29 is 14.3 Å². The number of carbonyl (C=O) groups is 1. The molecule has 0 N–H and O–H groups in total. The maximum atomic E-state index is 12.6. The molecule has 0 radical (unpaired) electrons. The van der Waals surface area contributed by atoms with Gasteiger partial charge in [0.25, 0.3) is 0 Å². The van der Waals surface area contributed by atoms with E-state index in [9.17, 15) is 4.79 Å². The van der Waals surface area contributed by atoms with Crippen LogP contribution in [0.1, 0.15) is 24.8 Å². The molecule has 0 aliphatic carbocycles. The van der Waals surface area contributed by atoms with E-state index < -0.39 is 0 Å². The molecular weight excluding hydrogens is 278 g/mol. The third kappa shape index (κ3) is 3.17. The van der Waals surface area contributed by atoms with Crippen LogP contribution in [0.3, 0.4) is 0 Å². The molecule has 2 heterocycles. The van der Waals surface area contributed by atoms with E-state index >= 15 is 0 Å². The smallest absolute Gasteiger partial charge is 0.228 e. The zero-order chi connectivity index (χ0) is 15.5. The zero-order valence-corrected chi connectivity index (χ0v) is 13.0. The summed E-state index contributed by atoms with van der Waals surface area (Å²) < 4.78 is 11.2. The van der Waals surface area contributed by atoms with Crippen LogP contribution in [0, 0.1) is 5.92 Å². The van der Waals surface area contributed by atoms with Crippen LogP contribution in [0.2, 0.25) is 0 Å². The quantitative estimate of drug-likeness (QED) is 0.758. The van der Waals surface area contributed by atoms with Gasteiger partial charge in [-0.3, -0.25) is 4.79 Å². The summed E-state index contributed by atoms with van der Waals surface area (Å²) >= 11 is 0. The molecule has 3 rings (SSSR count). The van der Waals surface area contributed by atoms with Crippen molar-refractivity contribution in [2.75, 3.05) is 13.7 Å². The summed E-state index contributed by atoms with van der Waals surface area (Å²) in [6.45, 7) is 4.75. The monoisotopic (exact) mass is 301 g/mol. The molecule has 2 bridgehead atoms. The van der Waals surface area contributed by atoms with Gasteiger partial charge in [0.15, 0.2) is 0 Å². The predicted octanol–water partition coefficient (Wildman–Crippen LogP) is 2.78. The Kier molecular flexibility index (Phi) is 4.48. The lowest BCUT2D eigenvalue weighted by atomic mass is 9.88. The lowest BCUT2D eigenvalue weighted by Gasteiger charge is -2.25. The van der Waals surface area contributed by atoms with Gasteiger partial charge >= 0.3 is 0 Å². The molecule has 0 aromatic heterocycles. The normalized spacial score (nSPS) is 26.0. The molecule has 3 unspecified atom stereocenters. The van der Waals surface area contributed by atoms with Crippen LogP contribution in [-0.2, 0) is 16.1 Å². The van der Waals surface area contributed by atoms with Gasteiger partial charge in [-0.1, -0.05) is 24.8 Å². The zero-order valence-electron chi connectivity index (χ0n) is 13.0. The number of nitrogens with zero attached hydrogens (tertiary/aromatic N) is 1. The number of hydrogen-bond acceptors (Lipinski definition) is 3. The minimum atomic E-state index is 0.0546. The Hall–Kier alpha value is -1.81. The van der Waals surface area contributed by atoms with E-state index in [4.69, 9.17) is 9.47 Å². The number of fused-ring (bicyclic) bond motifs is 2. The minimum Gasteiger partial charge on any atom is -0.490 e. The van der Waals surface area contributed by atoms with Crippen LogP contribution in [0.5, 0.6) is 5.75 Å². The summed E-state index contributed by atoms with van der Waals surface area (Å²) in [6, 6.07) is 7.86. The second kappa shape index (κ2) is 6.53. The standard InChI is InChI=1S/C18H23NO3/c1-3-10-21-14-6-4-13(5-7-14)12-19(2)18(20)16-11-15-8-9-17(16)22-15/h3-7,15-17H,1,8-12H2,2H3. The number of rotatable bonds is 6. The molecule has 0 saturated carbocycles. The summed E-state index contributed by atoms with van der Waals surface area (Å²) in [5, 5.41) is 0. The van der Waals surface area contributed by atoms with Gasteiger partial charge < -0.3 is 14.4 Å². The van der Waals surface area contributed by atoms with E-state index in [-0.39, 0.29) is 17.9 Å². The van der Waals surface area contributed by atoms with Crippen molar-refractivity contribution in [1.82, 2.24) is 4.90 Å². The first kappa shape index (κ1) is 15.1. The summed E-state index contributed by atoms with van der Waals surface area (Å²) in [5.74, 6) is 1.08. The third-order valence-electron chi connectivity index (χ3n) is 4.51. The highest BCUT2D eigenvalue weighted by molar-refractivity contribution is 5.79. The Balaban J connectivity index is 1.55. The van der Waals surface area contributed by atoms with Gasteiger partial charge in [0.2, 0.25) is 5.91 Å². The average molecular weight is 301 g/mol. The molecule has 2 saturated heterocycles. The average Bonchev–Trinajstić information content (AvgIpc) is 3.16. The van der Waals surface area contributed by atoms with Gasteiger partial charge in [0.05, 0.1) is 18.1 Å². The van der Waals surface area contributed by atoms with Crippen LogP contribution in [0.4, 0.5) is 0 Å². The molecule has 3 atom stereocenters. The number of amides is 1. The van der Waals surface area contributed by atoms with E-state index in [0.29, 0.717) is 19.3 Å². The maximum Gasteiger partial charge on any atom is 0.228 e. The van der Waals surface area contributed by atoms with Gasteiger partial charge in [-0.15, -0.1) is 0 Å². The Morgan fingerprint density at radius 1 is 1.41 bits per heavy atom. The molecule has 4 nitrogen and oxygen atoms in total. The Morgan fingerprint density at radius 3 is 2.77 bits per heavy atom. The van der Waals surface area contributed by atoms with E-state index in [1.807, 2.05) is 36.2 Å². The van der Waals surface area contributed by atoms with E-state index in [1.165, 1.54) is 0 Å². The van der Waals surface area contributed by atoms with Crippen molar-refractivity contribution in [2.45, 2.75) is 38.0 Å². The van der Waals surface area contributed by atoms with Crippen molar-refractivity contribution in [3.05, 3.63) is 42.5 Å². The fourth-order valence-electron chi connectivity index (χ4n) is 3.38. The molecule has 1 aromatic rings. The Bertz CT molecular complexity index is 540. The molecule has 1 aromatic carbocycles. The van der Waals surface area contributed by atoms with Crippen LogP contribution in [-0.4, -0.2) is 36.7 Å². The van der Waals surface area contributed by atoms with Crippen LogP contribution >= 0.6 is 0 Å². The lowest BCUT2D eigenvalue weighted by molar-refractivity contribution is -0.136. The van der Waals surface area contributed by atoms with E-state index in [2.05, 4.69) is 6.58 Å². The summed E-state index contributed by atoms with van der Waals surface area (Å²) in [6.07, 6.45) is 5.22. The molecule has 4 heteroatoms. The second-order valence-corrected chi connectivity index (χ2v) is 6.15. The number of hydrogen-bond donors (Lipinski definition) is 0. The highest BCUT2D eigenvalue weighted by Crippen LogP contribution is 2.39. The largest absolute Gasteiger partial charge is 0.490 e. The SMILES string of the molecule is C=CCOc1ccc(CN(C)C(=O)C2CC3CCC2O3)cc1. The van der Waals surface area contributed by atoms with Gasteiger partial charge in [-0.25, -0.2) is 0 Å². The highest BCUT2D eigenvalue weighted by Gasteiger charge is 2.45. The van der Waals surface area contributed by atoms with Gasteiger partial charge in [0, 0.05) is 13.6 Å². The van der Waals surface area contributed by atoms with E-state index in [0.717, 1.165) is 30.6 Å². The minimum absolute atomic E-state index is 0.0546. The van der Waals surface area contributed by atoms with Gasteiger partial charge in [-0.05, 0) is 37.0 Å². The first-order valence-corrected chi connectivity index (χ1v) is 7.90. The van der Waals surface area contributed by atoms with Gasteiger partial charge in [0.1, 0.15) is 12.4 Å². The fourth-order valence-corrected chi connectivity index (χ4v) is 3.38. The van der Waals surface area contributed by atoms with Crippen molar-refractivity contribution in [3.8, 4) is 5.75 Å².